The highest BCUT2D eigenvalue weighted by Crippen LogP contribution is 2.18. The molecule has 1 atom stereocenters. The fourth-order valence-electron chi connectivity index (χ4n) is 1.63. The Morgan fingerprint density at radius 2 is 2.28 bits per heavy atom. The number of carbonyl (C=O) groups is 1. The maximum absolute atomic E-state index is 11.7. The van der Waals surface area contributed by atoms with Gasteiger partial charge in [-0.25, -0.2) is 0 Å². The number of nitrogens with one attached hydrogen (secondary N) is 1. The Labute approximate surface area is 110 Å². The lowest BCUT2D eigenvalue weighted by atomic mass is 9.92. The van der Waals surface area contributed by atoms with Gasteiger partial charge >= 0.3 is 0 Å². The van der Waals surface area contributed by atoms with E-state index in [-0.39, 0.29) is 11.8 Å². The second-order valence-electron chi connectivity index (χ2n) is 4.36. The van der Waals surface area contributed by atoms with Crippen molar-refractivity contribution < 1.29 is 4.79 Å². The van der Waals surface area contributed by atoms with Crippen molar-refractivity contribution in [2.45, 2.75) is 33.0 Å². The standard InChI is InChI=1S/C14H17BN2O/c1-3-4-11-7-13(6-5-12(11)9-16)17-14(18)10(2)8-15/h5-7,10H,3-4,8H2,1-2H3,(H,17,18). The molecule has 1 rings (SSSR count). The van der Waals surface area contributed by atoms with Crippen LogP contribution in [0.4, 0.5) is 5.69 Å². The molecule has 1 aromatic rings. The summed E-state index contributed by atoms with van der Waals surface area (Å²) in [6.45, 7) is 3.84. The van der Waals surface area contributed by atoms with Crippen molar-refractivity contribution >= 4 is 19.4 Å². The Balaban J connectivity index is 2.88. The first-order valence-corrected chi connectivity index (χ1v) is 6.16. The molecular formula is C14H17BN2O. The maximum Gasteiger partial charge on any atom is 0.226 e. The minimum atomic E-state index is -0.213. The Kier molecular flexibility index (Phi) is 5.45. The van der Waals surface area contributed by atoms with E-state index in [2.05, 4.69) is 18.3 Å². The molecular weight excluding hydrogens is 223 g/mol. The minimum Gasteiger partial charge on any atom is -0.326 e. The van der Waals surface area contributed by atoms with Crippen LogP contribution in [0.25, 0.3) is 0 Å². The third-order valence-electron chi connectivity index (χ3n) is 2.81. The number of amides is 1. The summed E-state index contributed by atoms with van der Waals surface area (Å²) in [6, 6.07) is 7.52. The fourth-order valence-corrected chi connectivity index (χ4v) is 1.63. The molecule has 0 bridgehead atoms. The molecule has 0 fully saturated rings. The number of nitrogens with zero attached hydrogens (tertiary/aromatic N) is 1. The number of hydrogen-bond donors (Lipinski definition) is 1. The molecule has 0 saturated heterocycles. The van der Waals surface area contributed by atoms with Crippen molar-refractivity contribution in [1.82, 2.24) is 0 Å². The summed E-state index contributed by atoms with van der Waals surface area (Å²) in [5, 5.41) is 11.8. The zero-order chi connectivity index (χ0) is 13.5. The highest BCUT2D eigenvalue weighted by Gasteiger charge is 2.11. The molecule has 18 heavy (non-hydrogen) atoms. The zero-order valence-electron chi connectivity index (χ0n) is 10.9. The molecule has 0 aliphatic heterocycles. The van der Waals surface area contributed by atoms with Gasteiger partial charge < -0.3 is 5.32 Å². The van der Waals surface area contributed by atoms with Crippen LogP contribution in [0.2, 0.25) is 6.32 Å². The van der Waals surface area contributed by atoms with E-state index in [0.29, 0.717) is 11.9 Å². The lowest BCUT2D eigenvalue weighted by molar-refractivity contribution is -0.118. The Morgan fingerprint density at radius 1 is 1.56 bits per heavy atom. The molecule has 3 nitrogen and oxygen atoms in total. The van der Waals surface area contributed by atoms with Crippen LogP contribution in [-0.2, 0) is 11.2 Å². The average Bonchev–Trinajstić information content (AvgIpc) is 2.38. The summed E-state index contributed by atoms with van der Waals surface area (Å²) in [7, 11) is 5.45. The van der Waals surface area contributed by atoms with Crippen molar-refractivity contribution in [2.75, 3.05) is 5.32 Å². The molecule has 1 unspecified atom stereocenters. The van der Waals surface area contributed by atoms with Gasteiger partial charge in [-0.05, 0) is 30.2 Å². The van der Waals surface area contributed by atoms with E-state index in [4.69, 9.17) is 13.1 Å². The molecule has 0 aliphatic rings. The Hall–Kier alpha value is -1.76. The summed E-state index contributed by atoms with van der Waals surface area (Å²) in [5.41, 5.74) is 2.36. The summed E-state index contributed by atoms with van der Waals surface area (Å²) in [6.07, 6.45) is 2.12. The van der Waals surface area contributed by atoms with Crippen LogP contribution in [0.5, 0.6) is 0 Å². The highest BCUT2D eigenvalue weighted by atomic mass is 16.1. The SMILES string of the molecule is [B]CC(C)C(=O)Nc1ccc(C#N)c(CCC)c1. The van der Waals surface area contributed by atoms with Gasteiger partial charge in [0, 0.05) is 11.6 Å². The quantitative estimate of drug-likeness (QED) is 0.804. The van der Waals surface area contributed by atoms with E-state index in [1.54, 1.807) is 19.1 Å². The number of benzene rings is 1. The van der Waals surface area contributed by atoms with Gasteiger partial charge in [0.15, 0.2) is 0 Å². The minimum absolute atomic E-state index is 0.0929. The summed E-state index contributed by atoms with van der Waals surface area (Å²) in [5.74, 6) is -0.306. The smallest absolute Gasteiger partial charge is 0.226 e. The van der Waals surface area contributed by atoms with E-state index in [1.807, 2.05) is 6.07 Å². The van der Waals surface area contributed by atoms with Crippen LogP contribution >= 0.6 is 0 Å². The second kappa shape index (κ2) is 6.85. The van der Waals surface area contributed by atoms with Crippen LogP contribution in [0.3, 0.4) is 0 Å². The highest BCUT2D eigenvalue weighted by molar-refractivity contribution is 6.11. The first-order valence-electron chi connectivity index (χ1n) is 6.16. The third kappa shape index (κ3) is 3.63. The van der Waals surface area contributed by atoms with Gasteiger partial charge in [-0.1, -0.05) is 26.6 Å². The van der Waals surface area contributed by atoms with Gasteiger partial charge in [-0.3, -0.25) is 4.79 Å². The Morgan fingerprint density at radius 3 is 2.83 bits per heavy atom. The topological polar surface area (TPSA) is 52.9 Å². The number of carbonyl (C=O) groups excluding carboxylic acids is 1. The molecule has 0 spiro atoms. The zero-order valence-corrected chi connectivity index (χ0v) is 10.9. The largest absolute Gasteiger partial charge is 0.326 e. The second-order valence-corrected chi connectivity index (χ2v) is 4.36. The third-order valence-corrected chi connectivity index (χ3v) is 2.81. The van der Waals surface area contributed by atoms with Gasteiger partial charge in [-0.15, -0.1) is 0 Å². The molecule has 1 N–H and O–H groups in total. The van der Waals surface area contributed by atoms with Gasteiger partial charge in [0.1, 0.15) is 0 Å². The summed E-state index contributed by atoms with van der Waals surface area (Å²) in [4.78, 5) is 11.7. The van der Waals surface area contributed by atoms with E-state index in [9.17, 15) is 4.79 Å². The first kappa shape index (κ1) is 14.3. The average molecular weight is 240 g/mol. The summed E-state index contributed by atoms with van der Waals surface area (Å²) >= 11 is 0. The molecule has 0 heterocycles. The maximum atomic E-state index is 11.7. The normalized spacial score (nSPS) is 11.6. The van der Waals surface area contributed by atoms with Gasteiger partial charge in [0.05, 0.1) is 19.5 Å². The number of hydrogen-bond acceptors (Lipinski definition) is 2. The number of rotatable bonds is 5. The monoisotopic (exact) mass is 240 g/mol. The van der Waals surface area contributed by atoms with Crippen LogP contribution in [-0.4, -0.2) is 13.8 Å². The first-order chi connectivity index (χ1) is 8.62. The molecule has 1 amide bonds. The van der Waals surface area contributed by atoms with Crippen molar-refractivity contribution in [3.63, 3.8) is 0 Å². The molecule has 92 valence electrons. The van der Waals surface area contributed by atoms with Crippen LogP contribution in [0.15, 0.2) is 18.2 Å². The molecule has 0 saturated carbocycles. The van der Waals surface area contributed by atoms with E-state index in [0.717, 1.165) is 24.1 Å². The Bertz CT molecular complexity index is 465. The molecule has 0 aromatic heterocycles. The lowest BCUT2D eigenvalue weighted by Crippen LogP contribution is -2.20. The molecule has 1 aromatic carbocycles. The number of aryl methyl sites for hydroxylation is 1. The molecule has 0 aliphatic carbocycles. The van der Waals surface area contributed by atoms with Gasteiger partial charge in [0.25, 0.3) is 0 Å². The van der Waals surface area contributed by atoms with Crippen molar-refractivity contribution in [3.05, 3.63) is 29.3 Å². The molecule has 2 radical (unpaired) electrons. The molecule has 4 heteroatoms. The van der Waals surface area contributed by atoms with Gasteiger partial charge in [-0.2, -0.15) is 5.26 Å². The number of anilines is 1. The van der Waals surface area contributed by atoms with Crippen molar-refractivity contribution in [2.24, 2.45) is 5.92 Å². The van der Waals surface area contributed by atoms with Crippen LogP contribution < -0.4 is 5.32 Å². The predicted molar refractivity (Wildman–Crippen MR) is 73.5 cm³/mol. The fraction of sp³-hybridized carbons (Fsp3) is 0.429. The predicted octanol–water partition coefficient (Wildman–Crippen LogP) is 2.67. The van der Waals surface area contributed by atoms with Crippen LogP contribution in [0, 0.1) is 17.2 Å². The number of nitriles is 1. The van der Waals surface area contributed by atoms with E-state index >= 15 is 0 Å². The van der Waals surface area contributed by atoms with E-state index < -0.39 is 0 Å². The van der Waals surface area contributed by atoms with Crippen molar-refractivity contribution in [1.29, 1.82) is 5.26 Å². The summed E-state index contributed by atoms with van der Waals surface area (Å²) < 4.78 is 0. The van der Waals surface area contributed by atoms with Crippen LogP contribution in [0.1, 0.15) is 31.4 Å². The lowest BCUT2D eigenvalue weighted by Gasteiger charge is -2.11. The van der Waals surface area contributed by atoms with Crippen molar-refractivity contribution in [3.8, 4) is 6.07 Å². The van der Waals surface area contributed by atoms with Gasteiger partial charge in [0.2, 0.25) is 5.91 Å². The van der Waals surface area contributed by atoms with E-state index in [1.165, 1.54) is 0 Å².